The van der Waals surface area contributed by atoms with E-state index in [1.807, 2.05) is 6.92 Å². The Balaban J connectivity index is 2.50. The minimum absolute atomic E-state index is 0.207. The molecule has 0 spiro atoms. The van der Waals surface area contributed by atoms with Crippen LogP contribution in [0.25, 0.3) is 11.3 Å². The topological polar surface area (TPSA) is 68.0 Å². The molecule has 0 aliphatic rings. The summed E-state index contributed by atoms with van der Waals surface area (Å²) in [6, 6.07) is 4.26. The molecule has 8 heteroatoms. The van der Waals surface area contributed by atoms with Gasteiger partial charge in [0.25, 0.3) is 0 Å². The van der Waals surface area contributed by atoms with Gasteiger partial charge in [-0.1, -0.05) is 24.3 Å². The molecule has 0 aliphatic carbocycles. The molecule has 0 aliphatic heterocycles. The number of aryl methyl sites for hydroxylation is 1. The molecular formula is C13H12F3N3O2. The summed E-state index contributed by atoms with van der Waals surface area (Å²) in [5, 5.41) is 16.4. The Morgan fingerprint density at radius 2 is 1.90 bits per heavy atom. The highest BCUT2D eigenvalue weighted by Gasteiger charge is 2.30. The van der Waals surface area contributed by atoms with Crippen LogP contribution in [0.1, 0.15) is 29.4 Å². The number of nitrogens with zero attached hydrogens (tertiary/aromatic N) is 3. The number of carbonyl (C=O) groups is 1. The van der Waals surface area contributed by atoms with Crippen molar-refractivity contribution in [2.45, 2.75) is 26.1 Å². The Morgan fingerprint density at radius 1 is 1.29 bits per heavy atom. The Hall–Kier alpha value is -2.38. The summed E-state index contributed by atoms with van der Waals surface area (Å²) < 4.78 is 39.0. The van der Waals surface area contributed by atoms with Gasteiger partial charge in [-0.25, -0.2) is 9.48 Å². The van der Waals surface area contributed by atoms with Crippen molar-refractivity contribution in [2.24, 2.45) is 0 Å². The molecule has 112 valence electrons. The monoisotopic (exact) mass is 299 g/mol. The van der Waals surface area contributed by atoms with Crippen molar-refractivity contribution >= 4 is 5.97 Å². The number of rotatable bonds is 4. The van der Waals surface area contributed by atoms with Crippen LogP contribution in [0.4, 0.5) is 13.2 Å². The van der Waals surface area contributed by atoms with Crippen molar-refractivity contribution in [1.82, 2.24) is 15.0 Å². The van der Waals surface area contributed by atoms with Crippen LogP contribution in [0.15, 0.2) is 24.3 Å². The summed E-state index contributed by atoms with van der Waals surface area (Å²) in [6.45, 7) is 2.30. The van der Waals surface area contributed by atoms with E-state index in [9.17, 15) is 18.0 Å². The second kappa shape index (κ2) is 5.55. The zero-order valence-corrected chi connectivity index (χ0v) is 11.1. The van der Waals surface area contributed by atoms with Crippen LogP contribution in [-0.2, 0) is 12.7 Å². The minimum Gasteiger partial charge on any atom is -0.476 e. The molecule has 0 bridgehead atoms. The maximum Gasteiger partial charge on any atom is 0.416 e. The number of aromatic nitrogens is 3. The molecule has 0 fully saturated rings. The lowest BCUT2D eigenvalue weighted by Gasteiger charge is -2.09. The molecule has 0 amide bonds. The molecule has 1 N–H and O–H groups in total. The molecule has 21 heavy (non-hydrogen) atoms. The number of carboxylic acids is 1. The maximum absolute atomic E-state index is 12.5. The van der Waals surface area contributed by atoms with Crippen molar-refractivity contribution in [1.29, 1.82) is 0 Å². The third-order valence-electron chi connectivity index (χ3n) is 2.86. The smallest absolute Gasteiger partial charge is 0.416 e. The Bertz CT molecular complexity index is 648. The van der Waals surface area contributed by atoms with E-state index >= 15 is 0 Å². The number of benzene rings is 1. The molecule has 0 radical (unpaired) electrons. The fraction of sp³-hybridized carbons (Fsp3) is 0.308. The first-order valence-electron chi connectivity index (χ1n) is 6.19. The first-order chi connectivity index (χ1) is 9.84. The predicted octanol–water partition coefficient (Wildman–Crippen LogP) is 3.07. The zero-order valence-electron chi connectivity index (χ0n) is 11.1. The third kappa shape index (κ3) is 3.04. The second-order valence-corrected chi connectivity index (χ2v) is 4.39. The van der Waals surface area contributed by atoms with Crippen LogP contribution in [-0.4, -0.2) is 26.1 Å². The molecule has 0 saturated heterocycles. The number of aromatic carboxylic acids is 1. The van der Waals surface area contributed by atoms with Crippen LogP contribution >= 0.6 is 0 Å². The lowest BCUT2D eigenvalue weighted by Crippen LogP contribution is -2.06. The van der Waals surface area contributed by atoms with Crippen LogP contribution in [0, 0.1) is 0 Å². The van der Waals surface area contributed by atoms with Crippen molar-refractivity contribution in [3.8, 4) is 11.3 Å². The van der Waals surface area contributed by atoms with Gasteiger partial charge in [-0.15, -0.1) is 5.10 Å². The standard InChI is InChI=1S/C13H12F3N3O2/c1-2-7-19-11(10(12(20)21)17-18-19)8-3-5-9(6-4-8)13(14,15)16/h3-6H,2,7H2,1H3,(H,20,21). The van der Waals surface area contributed by atoms with Crippen LogP contribution in [0.2, 0.25) is 0 Å². The number of carboxylic acid groups (broad SMARTS) is 1. The first kappa shape index (κ1) is 15.0. The molecule has 5 nitrogen and oxygen atoms in total. The van der Waals surface area contributed by atoms with E-state index in [0.29, 0.717) is 18.5 Å². The average molecular weight is 299 g/mol. The van der Waals surface area contributed by atoms with Gasteiger partial charge in [0.05, 0.1) is 5.56 Å². The Kier molecular flexibility index (Phi) is 3.97. The van der Waals surface area contributed by atoms with Crippen molar-refractivity contribution in [3.05, 3.63) is 35.5 Å². The van der Waals surface area contributed by atoms with Gasteiger partial charge in [-0.05, 0) is 18.6 Å². The molecule has 0 atom stereocenters. The highest BCUT2D eigenvalue weighted by atomic mass is 19.4. The summed E-state index contributed by atoms with van der Waals surface area (Å²) in [7, 11) is 0. The minimum atomic E-state index is -4.43. The largest absolute Gasteiger partial charge is 0.476 e. The fourth-order valence-corrected chi connectivity index (χ4v) is 1.93. The van der Waals surface area contributed by atoms with E-state index < -0.39 is 17.7 Å². The third-order valence-corrected chi connectivity index (χ3v) is 2.86. The van der Waals surface area contributed by atoms with Gasteiger partial charge in [-0.3, -0.25) is 0 Å². The predicted molar refractivity (Wildman–Crippen MR) is 67.7 cm³/mol. The molecule has 1 heterocycles. The van der Waals surface area contributed by atoms with Crippen LogP contribution in [0.5, 0.6) is 0 Å². The molecule has 1 aromatic carbocycles. The van der Waals surface area contributed by atoms with Crippen LogP contribution in [0.3, 0.4) is 0 Å². The normalized spacial score (nSPS) is 11.6. The van der Waals surface area contributed by atoms with Gasteiger partial charge in [0.15, 0.2) is 5.69 Å². The highest BCUT2D eigenvalue weighted by molar-refractivity contribution is 5.92. The molecule has 2 aromatic rings. The van der Waals surface area contributed by atoms with Gasteiger partial charge < -0.3 is 5.11 Å². The zero-order chi connectivity index (χ0) is 15.6. The van der Waals surface area contributed by atoms with E-state index in [1.54, 1.807) is 0 Å². The second-order valence-electron chi connectivity index (χ2n) is 4.39. The number of halogens is 3. The van der Waals surface area contributed by atoms with Gasteiger partial charge in [0.2, 0.25) is 0 Å². The van der Waals surface area contributed by atoms with Gasteiger partial charge in [0.1, 0.15) is 5.69 Å². The van der Waals surface area contributed by atoms with Crippen LogP contribution < -0.4 is 0 Å². The van der Waals surface area contributed by atoms with E-state index in [1.165, 1.54) is 16.8 Å². The number of hydrogen-bond donors (Lipinski definition) is 1. The summed E-state index contributed by atoms with van der Waals surface area (Å²) in [5.74, 6) is -1.27. The molecule has 0 unspecified atom stereocenters. The average Bonchev–Trinajstić information content (AvgIpc) is 2.82. The van der Waals surface area contributed by atoms with Crippen molar-refractivity contribution in [3.63, 3.8) is 0 Å². The van der Waals surface area contributed by atoms with Gasteiger partial charge in [0, 0.05) is 12.1 Å². The summed E-state index contributed by atoms with van der Waals surface area (Å²) in [6.07, 6.45) is -3.74. The lowest BCUT2D eigenvalue weighted by atomic mass is 10.1. The van der Waals surface area contributed by atoms with Crippen molar-refractivity contribution < 1.29 is 23.1 Å². The van der Waals surface area contributed by atoms with E-state index in [-0.39, 0.29) is 11.4 Å². The molecule has 0 saturated carbocycles. The van der Waals surface area contributed by atoms with Gasteiger partial charge >= 0.3 is 12.1 Å². The number of hydrogen-bond acceptors (Lipinski definition) is 3. The SMILES string of the molecule is CCCn1nnc(C(=O)O)c1-c1ccc(C(F)(F)F)cc1. The fourth-order valence-electron chi connectivity index (χ4n) is 1.93. The summed E-state index contributed by atoms with van der Waals surface area (Å²) in [5.41, 5.74) is -0.530. The van der Waals surface area contributed by atoms with E-state index in [2.05, 4.69) is 10.3 Å². The van der Waals surface area contributed by atoms with E-state index in [4.69, 9.17) is 5.11 Å². The van der Waals surface area contributed by atoms with Crippen molar-refractivity contribution in [2.75, 3.05) is 0 Å². The summed E-state index contributed by atoms with van der Waals surface area (Å²) >= 11 is 0. The first-order valence-corrected chi connectivity index (χ1v) is 6.19. The molecule has 2 rings (SSSR count). The molecular weight excluding hydrogens is 287 g/mol. The summed E-state index contributed by atoms with van der Waals surface area (Å²) in [4.78, 5) is 11.1. The lowest BCUT2D eigenvalue weighted by molar-refractivity contribution is -0.137. The maximum atomic E-state index is 12.5. The molecule has 1 aromatic heterocycles. The Labute approximate surface area is 118 Å². The number of alkyl halides is 3. The van der Waals surface area contributed by atoms with E-state index in [0.717, 1.165) is 12.1 Å². The quantitative estimate of drug-likeness (QED) is 0.942. The Morgan fingerprint density at radius 3 is 2.38 bits per heavy atom. The highest BCUT2D eigenvalue weighted by Crippen LogP contribution is 2.31. The van der Waals surface area contributed by atoms with Gasteiger partial charge in [-0.2, -0.15) is 13.2 Å².